The summed E-state index contributed by atoms with van der Waals surface area (Å²) in [5.74, 6) is 0.816. The van der Waals surface area contributed by atoms with Crippen molar-refractivity contribution in [3.05, 3.63) is 29.8 Å². The van der Waals surface area contributed by atoms with Crippen LogP contribution in [0.2, 0.25) is 0 Å². The maximum Gasteiger partial charge on any atom is 0.137 e. The summed E-state index contributed by atoms with van der Waals surface area (Å²) in [5.41, 5.74) is 1.84. The second kappa shape index (κ2) is 7.88. The highest BCUT2D eigenvalue weighted by Crippen LogP contribution is 2.25. The topological polar surface area (TPSA) is 46.1 Å². The van der Waals surface area contributed by atoms with E-state index in [1.165, 1.54) is 5.56 Å². The van der Waals surface area contributed by atoms with Crippen molar-refractivity contribution in [3.63, 3.8) is 0 Å². The fourth-order valence-electron chi connectivity index (χ4n) is 3.21. The fourth-order valence-corrected chi connectivity index (χ4v) is 3.21. The number of benzene rings is 1. The zero-order chi connectivity index (χ0) is 18.6. The van der Waals surface area contributed by atoms with Crippen molar-refractivity contribution in [2.75, 3.05) is 13.2 Å². The van der Waals surface area contributed by atoms with Crippen LogP contribution in [0.1, 0.15) is 67.4 Å². The normalized spacial score (nSPS) is 14.5. The van der Waals surface area contributed by atoms with E-state index in [2.05, 4.69) is 72.8 Å². The minimum Gasteiger partial charge on any atom is -0.491 e. The Balaban J connectivity index is 2.42. The predicted octanol–water partition coefficient (Wildman–Crippen LogP) is 3.50. The van der Waals surface area contributed by atoms with Gasteiger partial charge in [-0.25, -0.2) is 0 Å². The Morgan fingerprint density at radius 2 is 1.50 bits per heavy atom. The molecule has 3 heteroatoms. The van der Waals surface area contributed by atoms with Crippen LogP contribution in [0.15, 0.2) is 24.3 Å². The maximum absolute atomic E-state index is 10.2. The lowest BCUT2D eigenvalue weighted by atomic mass is 9.82. The largest absolute Gasteiger partial charge is 0.491 e. The Bertz CT molecular complexity index is 492. The van der Waals surface area contributed by atoms with Crippen LogP contribution in [0, 0.1) is 5.41 Å². The van der Waals surface area contributed by atoms with Gasteiger partial charge in [-0.3, -0.25) is 0 Å². The Morgan fingerprint density at radius 1 is 0.958 bits per heavy atom. The quantitative estimate of drug-likeness (QED) is 0.800. The van der Waals surface area contributed by atoms with Crippen LogP contribution in [0.25, 0.3) is 0 Å². The maximum atomic E-state index is 10.2. The highest BCUT2D eigenvalue weighted by molar-refractivity contribution is 5.31. The minimum absolute atomic E-state index is 0.119. The standard InChI is InChI=1S/C21H37NO2/c1-19(2,3)15-21(7,8)22-13-17(23)14-24-18-11-9-16(10-12-18)20(4,5)6/h9-12,17,22-23H,13-15H2,1-8H3/p+1/t17-/m1/s1. The summed E-state index contributed by atoms with van der Waals surface area (Å²) in [6.07, 6.45) is 0.633. The van der Waals surface area contributed by atoms with Gasteiger partial charge in [0.15, 0.2) is 0 Å². The van der Waals surface area contributed by atoms with Gasteiger partial charge in [0.25, 0.3) is 0 Å². The summed E-state index contributed by atoms with van der Waals surface area (Å²) in [4.78, 5) is 0. The van der Waals surface area contributed by atoms with Crippen molar-refractivity contribution < 1.29 is 15.2 Å². The molecular formula is C21H38NO2+. The lowest BCUT2D eigenvalue weighted by Gasteiger charge is -2.31. The molecule has 138 valence electrons. The van der Waals surface area contributed by atoms with E-state index in [1.807, 2.05) is 12.1 Å². The third kappa shape index (κ3) is 8.16. The average Bonchev–Trinajstić information content (AvgIpc) is 2.40. The molecule has 0 aliphatic rings. The molecular weight excluding hydrogens is 298 g/mol. The Hall–Kier alpha value is -1.06. The van der Waals surface area contributed by atoms with Crippen molar-refractivity contribution >= 4 is 0 Å². The molecule has 0 saturated carbocycles. The second-order valence-electron chi connectivity index (χ2n) is 9.91. The molecule has 0 fully saturated rings. The van der Waals surface area contributed by atoms with Crippen molar-refractivity contribution in [1.29, 1.82) is 0 Å². The van der Waals surface area contributed by atoms with Crippen LogP contribution in [-0.2, 0) is 5.41 Å². The molecule has 0 heterocycles. The summed E-state index contributed by atoms with van der Waals surface area (Å²) in [7, 11) is 0. The first-order chi connectivity index (χ1) is 10.8. The molecule has 0 radical (unpaired) electrons. The second-order valence-corrected chi connectivity index (χ2v) is 9.91. The van der Waals surface area contributed by atoms with E-state index < -0.39 is 6.10 Å². The lowest BCUT2D eigenvalue weighted by molar-refractivity contribution is -0.727. The van der Waals surface area contributed by atoms with E-state index in [0.29, 0.717) is 13.2 Å². The van der Waals surface area contributed by atoms with Gasteiger partial charge in [-0.15, -0.1) is 0 Å². The Kier molecular flexibility index (Phi) is 6.89. The fraction of sp³-hybridized carbons (Fsp3) is 0.714. The Labute approximate surface area is 148 Å². The van der Waals surface area contributed by atoms with Gasteiger partial charge in [0.2, 0.25) is 0 Å². The van der Waals surface area contributed by atoms with E-state index in [1.54, 1.807) is 0 Å². The molecule has 0 aliphatic heterocycles. The highest BCUT2D eigenvalue weighted by atomic mass is 16.5. The first-order valence-corrected chi connectivity index (χ1v) is 9.04. The molecule has 1 aromatic rings. The molecule has 1 atom stereocenters. The predicted molar refractivity (Wildman–Crippen MR) is 102 cm³/mol. The van der Waals surface area contributed by atoms with Gasteiger partial charge in [-0.2, -0.15) is 0 Å². The van der Waals surface area contributed by atoms with E-state index in [0.717, 1.165) is 12.2 Å². The van der Waals surface area contributed by atoms with Crippen LogP contribution < -0.4 is 10.1 Å². The van der Waals surface area contributed by atoms with Gasteiger partial charge in [-0.1, -0.05) is 53.7 Å². The zero-order valence-corrected chi connectivity index (χ0v) is 16.9. The summed E-state index contributed by atoms with van der Waals surface area (Å²) in [6, 6.07) is 8.17. The molecule has 0 aromatic heterocycles. The smallest absolute Gasteiger partial charge is 0.137 e. The third-order valence-electron chi connectivity index (χ3n) is 4.09. The van der Waals surface area contributed by atoms with Gasteiger partial charge in [0.1, 0.15) is 25.0 Å². The molecule has 0 aliphatic carbocycles. The summed E-state index contributed by atoms with van der Waals surface area (Å²) in [5, 5.41) is 12.4. The SMILES string of the molecule is CC(C)(C)CC(C)(C)[NH2+]C[C@@H](O)COc1ccc(C(C)(C)C)cc1. The molecule has 3 nitrogen and oxygen atoms in total. The van der Waals surface area contributed by atoms with Gasteiger partial charge >= 0.3 is 0 Å². The monoisotopic (exact) mass is 336 g/mol. The molecule has 0 amide bonds. The minimum atomic E-state index is -0.466. The highest BCUT2D eigenvalue weighted by Gasteiger charge is 2.29. The first-order valence-electron chi connectivity index (χ1n) is 9.04. The first kappa shape index (κ1) is 21.0. The van der Waals surface area contributed by atoms with E-state index in [4.69, 9.17) is 4.74 Å². The number of rotatable bonds is 7. The zero-order valence-electron chi connectivity index (χ0n) is 16.9. The van der Waals surface area contributed by atoms with E-state index in [9.17, 15) is 5.11 Å². The number of hydrogen-bond acceptors (Lipinski definition) is 2. The van der Waals surface area contributed by atoms with Crippen molar-refractivity contribution in [3.8, 4) is 5.75 Å². The van der Waals surface area contributed by atoms with Gasteiger partial charge < -0.3 is 15.2 Å². The van der Waals surface area contributed by atoms with Gasteiger partial charge in [-0.05, 0) is 42.4 Å². The molecule has 3 N–H and O–H groups in total. The van der Waals surface area contributed by atoms with Gasteiger partial charge in [0, 0.05) is 6.42 Å². The van der Waals surface area contributed by atoms with Crippen molar-refractivity contribution in [2.24, 2.45) is 5.41 Å². The van der Waals surface area contributed by atoms with Crippen LogP contribution in [-0.4, -0.2) is 29.9 Å². The van der Waals surface area contributed by atoms with E-state index >= 15 is 0 Å². The molecule has 0 spiro atoms. The van der Waals surface area contributed by atoms with Crippen LogP contribution >= 0.6 is 0 Å². The Morgan fingerprint density at radius 3 is 1.96 bits per heavy atom. The number of ether oxygens (including phenoxy) is 1. The number of hydrogen-bond donors (Lipinski definition) is 2. The molecule has 1 aromatic carbocycles. The summed E-state index contributed by atoms with van der Waals surface area (Å²) >= 11 is 0. The number of aliphatic hydroxyl groups is 1. The summed E-state index contributed by atoms with van der Waals surface area (Å²) in [6.45, 7) is 18.8. The van der Waals surface area contributed by atoms with Crippen molar-refractivity contribution in [1.82, 2.24) is 0 Å². The number of quaternary nitrogens is 1. The molecule has 0 bridgehead atoms. The molecule has 24 heavy (non-hydrogen) atoms. The van der Waals surface area contributed by atoms with E-state index in [-0.39, 0.29) is 16.4 Å². The van der Waals surface area contributed by atoms with Crippen LogP contribution in [0.5, 0.6) is 5.75 Å². The molecule has 0 unspecified atom stereocenters. The average molecular weight is 337 g/mol. The van der Waals surface area contributed by atoms with Crippen LogP contribution in [0.4, 0.5) is 0 Å². The van der Waals surface area contributed by atoms with Crippen molar-refractivity contribution in [2.45, 2.75) is 78.9 Å². The van der Waals surface area contributed by atoms with Gasteiger partial charge in [0.05, 0.1) is 5.54 Å². The lowest BCUT2D eigenvalue weighted by Crippen LogP contribution is -2.97. The number of aliphatic hydroxyl groups excluding tert-OH is 1. The third-order valence-corrected chi connectivity index (χ3v) is 4.09. The molecule has 0 saturated heterocycles. The van der Waals surface area contributed by atoms with Crippen LogP contribution in [0.3, 0.4) is 0 Å². The summed E-state index contributed by atoms with van der Waals surface area (Å²) < 4.78 is 5.73. The number of nitrogens with two attached hydrogens (primary N) is 1. The molecule has 1 rings (SSSR count).